The molecule has 1 unspecified atom stereocenters. The van der Waals surface area contributed by atoms with Gasteiger partial charge in [0.15, 0.2) is 0 Å². The summed E-state index contributed by atoms with van der Waals surface area (Å²) in [6.45, 7) is 0. The summed E-state index contributed by atoms with van der Waals surface area (Å²) in [5, 5.41) is 3.39. The maximum atomic E-state index is 3.52. The summed E-state index contributed by atoms with van der Waals surface area (Å²) in [6.07, 6.45) is 2.25. The van der Waals surface area contributed by atoms with Crippen molar-refractivity contribution in [3.8, 4) is 0 Å². The van der Waals surface area contributed by atoms with Crippen molar-refractivity contribution < 1.29 is 0 Å². The minimum Gasteiger partial charge on any atom is -0.312 e. The molecule has 0 aliphatic carbocycles. The zero-order valence-corrected chi connectivity index (χ0v) is 12.2. The number of thiophene rings is 1. The monoisotopic (exact) mass is 309 g/mol. The molecule has 0 aliphatic heterocycles. The van der Waals surface area contributed by atoms with Crippen molar-refractivity contribution in [3.63, 3.8) is 0 Å². The number of rotatable bonds is 5. The number of benzene rings is 1. The Morgan fingerprint density at radius 2 is 1.94 bits per heavy atom. The summed E-state index contributed by atoms with van der Waals surface area (Å²) in [5.74, 6) is 0. The van der Waals surface area contributed by atoms with Gasteiger partial charge in [-0.2, -0.15) is 0 Å². The van der Waals surface area contributed by atoms with Gasteiger partial charge in [-0.15, -0.1) is 11.3 Å². The summed E-state index contributed by atoms with van der Waals surface area (Å²) in [5.41, 5.74) is 1.41. The second-order valence-corrected chi connectivity index (χ2v) is 6.50. The average Bonchev–Trinajstić information content (AvgIpc) is 2.78. The van der Waals surface area contributed by atoms with Crippen molar-refractivity contribution in [1.82, 2.24) is 5.32 Å². The largest absolute Gasteiger partial charge is 0.312 e. The molecule has 0 radical (unpaired) electrons. The van der Waals surface area contributed by atoms with E-state index in [0.717, 1.165) is 12.8 Å². The number of nitrogens with one attached hydrogen (secondary N) is 1. The molecular weight excluding hydrogens is 294 g/mol. The molecule has 3 heteroatoms. The van der Waals surface area contributed by atoms with Crippen LogP contribution in [0.1, 0.15) is 22.9 Å². The lowest BCUT2D eigenvalue weighted by Crippen LogP contribution is -2.15. The standard InChI is InChI=1S/C14H16BrNS/c1-16-12(13-9-10-14(15)17-13)8-7-11-5-3-2-4-6-11/h2-6,9-10,12,16H,7-8H2,1H3. The van der Waals surface area contributed by atoms with Crippen molar-refractivity contribution >= 4 is 27.3 Å². The summed E-state index contributed by atoms with van der Waals surface area (Å²) in [7, 11) is 2.03. The maximum Gasteiger partial charge on any atom is 0.0701 e. The molecular formula is C14H16BrNS. The highest BCUT2D eigenvalue weighted by Gasteiger charge is 2.11. The topological polar surface area (TPSA) is 12.0 Å². The fourth-order valence-electron chi connectivity index (χ4n) is 1.90. The summed E-state index contributed by atoms with van der Waals surface area (Å²) in [6, 6.07) is 15.4. The molecule has 0 amide bonds. The van der Waals surface area contributed by atoms with E-state index >= 15 is 0 Å². The smallest absolute Gasteiger partial charge is 0.0701 e. The molecule has 0 fully saturated rings. The van der Waals surface area contributed by atoms with E-state index in [1.165, 1.54) is 14.2 Å². The van der Waals surface area contributed by atoms with Crippen LogP contribution < -0.4 is 5.32 Å². The Bertz CT molecular complexity index is 452. The SMILES string of the molecule is CNC(CCc1ccccc1)c1ccc(Br)s1. The van der Waals surface area contributed by atoms with Crippen LogP contribution >= 0.6 is 27.3 Å². The van der Waals surface area contributed by atoms with Crippen LogP contribution in [0, 0.1) is 0 Å². The van der Waals surface area contributed by atoms with Crippen LogP contribution in [-0.2, 0) is 6.42 Å². The first-order valence-electron chi connectivity index (χ1n) is 5.76. The van der Waals surface area contributed by atoms with Gasteiger partial charge in [-0.1, -0.05) is 30.3 Å². The molecule has 2 aromatic rings. The zero-order chi connectivity index (χ0) is 12.1. The van der Waals surface area contributed by atoms with E-state index in [0.29, 0.717) is 6.04 Å². The minimum atomic E-state index is 0.450. The molecule has 0 saturated carbocycles. The third-order valence-corrected chi connectivity index (χ3v) is 4.59. The highest BCUT2D eigenvalue weighted by Crippen LogP contribution is 2.29. The van der Waals surface area contributed by atoms with E-state index in [4.69, 9.17) is 0 Å². The van der Waals surface area contributed by atoms with E-state index in [1.54, 1.807) is 0 Å². The van der Waals surface area contributed by atoms with Crippen LogP contribution in [0.4, 0.5) is 0 Å². The van der Waals surface area contributed by atoms with E-state index < -0.39 is 0 Å². The normalized spacial score (nSPS) is 12.6. The van der Waals surface area contributed by atoms with Gasteiger partial charge < -0.3 is 5.32 Å². The van der Waals surface area contributed by atoms with Crippen LogP contribution in [0.15, 0.2) is 46.3 Å². The van der Waals surface area contributed by atoms with Gasteiger partial charge in [0.25, 0.3) is 0 Å². The Morgan fingerprint density at radius 3 is 2.53 bits per heavy atom. The van der Waals surface area contributed by atoms with E-state index in [2.05, 4.69) is 63.7 Å². The lowest BCUT2D eigenvalue weighted by Gasteiger charge is -2.14. The van der Waals surface area contributed by atoms with Crippen LogP contribution in [0.5, 0.6) is 0 Å². The molecule has 1 N–H and O–H groups in total. The van der Waals surface area contributed by atoms with Crippen LogP contribution in [0.25, 0.3) is 0 Å². The van der Waals surface area contributed by atoms with Crippen molar-refractivity contribution in [2.75, 3.05) is 7.05 Å². The van der Waals surface area contributed by atoms with E-state index in [9.17, 15) is 0 Å². The van der Waals surface area contributed by atoms with Gasteiger partial charge in [0, 0.05) is 10.9 Å². The molecule has 0 saturated heterocycles. The molecule has 0 spiro atoms. The number of aryl methyl sites for hydroxylation is 1. The lowest BCUT2D eigenvalue weighted by molar-refractivity contribution is 0.558. The van der Waals surface area contributed by atoms with Gasteiger partial charge in [0.05, 0.1) is 3.79 Å². The fourth-order valence-corrected chi connectivity index (χ4v) is 3.47. The van der Waals surface area contributed by atoms with Crippen molar-refractivity contribution in [1.29, 1.82) is 0 Å². The molecule has 90 valence electrons. The first kappa shape index (κ1) is 12.8. The predicted molar refractivity (Wildman–Crippen MR) is 78.6 cm³/mol. The summed E-state index contributed by atoms with van der Waals surface area (Å²) >= 11 is 5.33. The summed E-state index contributed by atoms with van der Waals surface area (Å²) in [4.78, 5) is 1.40. The van der Waals surface area contributed by atoms with Crippen LogP contribution in [-0.4, -0.2) is 7.05 Å². The maximum absolute atomic E-state index is 3.52. The van der Waals surface area contributed by atoms with Gasteiger partial charge in [-0.05, 0) is 53.5 Å². The fraction of sp³-hybridized carbons (Fsp3) is 0.286. The molecule has 1 nitrogen and oxygen atoms in total. The average molecular weight is 310 g/mol. The van der Waals surface area contributed by atoms with Gasteiger partial charge in [-0.25, -0.2) is 0 Å². The Labute approximate surface area is 115 Å². The molecule has 1 atom stereocenters. The lowest BCUT2D eigenvalue weighted by atomic mass is 10.0. The summed E-state index contributed by atoms with van der Waals surface area (Å²) < 4.78 is 1.20. The Kier molecular flexibility index (Phi) is 4.77. The van der Waals surface area contributed by atoms with Crippen molar-refractivity contribution in [3.05, 3.63) is 56.7 Å². The molecule has 1 aromatic heterocycles. The zero-order valence-electron chi connectivity index (χ0n) is 9.82. The molecule has 0 aliphatic rings. The molecule has 1 heterocycles. The number of halogens is 1. The Balaban J connectivity index is 1.97. The van der Waals surface area contributed by atoms with E-state index in [-0.39, 0.29) is 0 Å². The first-order chi connectivity index (χ1) is 8.29. The Morgan fingerprint density at radius 1 is 1.18 bits per heavy atom. The van der Waals surface area contributed by atoms with Gasteiger partial charge in [-0.3, -0.25) is 0 Å². The van der Waals surface area contributed by atoms with Gasteiger partial charge >= 0.3 is 0 Å². The van der Waals surface area contributed by atoms with E-state index in [1.807, 2.05) is 18.4 Å². The molecule has 1 aromatic carbocycles. The van der Waals surface area contributed by atoms with Crippen molar-refractivity contribution in [2.45, 2.75) is 18.9 Å². The van der Waals surface area contributed by atoms with Gasteiger partial charge in [0.1, 0.15) is 0 Å². The third-order valence-electron chi connectivity index (χ3n) is 2.85. The van der Waals surface area contributed by atoms with Crippen LogP contribution in [0.3, 0.4) is 0 Å². The quantitative estimate of drug-likeness (QED) is 0.863. The van der Waals surface area contributed by atoms with Gasteiger partial charge in [0.2, 0.25) is 0 Å². The molecule has 2 rings (SSSR count). The highest BCUT2D eigenvalue weighted by molar-refractivity contribution is 9.11. The second-order valence-electron chi connectivity index (χ2n) is 4.01. The third kappa shape index (κ3) is 3.66. The Hall–Kier alpha value is -0.640. The molecule has 17 heavy (non-hydrogen) atoms. The van der Waals surface area contributed by atoms with Crippen LogP contribution in [0.2, 0.25) is 0 Å². The number of hydrogen-bond donors (Lipinski definition) is 1. The minimum absolute atomic E-state index is 0.450. The predicted octanol–water partition coefficient (Wildman–Crippen LogP) is 4.40. The molecule has 0 bridgehead atoms. The van der Waals surface area contributed by atoms with Crippen molar-refractivity contribution in [2.24, 2.45) is 0 Å². The highest BCUT2D eigenvalue weighted by atomic mass is 79.9. The first-order valence-corrected chi connectivity index (χ1v) is 7.37. The number of hydrogen-bond acceptors (Lipinski definition) is 2. The second kappa shape index (κ2) is 6.34.